The van der Waals surface area contributed by atoms with E-state index >= 15 is 0 Å². The van der Waals surface area contributed by atoms with Gasteiger partial charge in [0.15, 0.2) is 0 Å². The van der Waals surface area contributed by atoms with Crippen LogP contribution in [0.15, 0.2) is 12.1 Å². The van der Waals surface area contributed by atoms with E-state index in [2.05, 4.69) is 4.74 Å². The number of methoxy groups -OCH3 is 1. The Hall–Kier alpha value is -2.23. The van der Waals surface area contributed by atoms with E-state index in [-0.39, 0.29) is 0 Å². The maximum Gasteiger partial charge on any atom is 0.417 e. The van der Waals surface area contributed by atoms with Crippen molar-refractivity contribution in [3.05, 3.63) is 28.8 Å². The van der Waals surface area contributed by atoms with E-state index in [1.807, 2.05) is 0 Å². The number of rotatable bonds is 1. The number of halogens is 3. The van der Waals surface area contributed by atoms with Crippen molar-refractivity contribution < 1.29 is 27.8 Å². The minimum absolute atomic E-state index is 0.528. The number of hydrogen-bond acceptors (Lipinski definition) is 4. The van der Waals surface area contributed by atoms with Gasteiger partial charge in [0, 0.05) is 0 Å². The Kier molecular flexibility index (Phi) is 3.27. The second kappa shape index (κ2) is 4.33. The number of phenols is 1. The number of phenolic OH excluding ortho intramolecular Hbond substituents is 1. The fourth-order valence-electron chi connectivity index (χ4n) is 1.25. The number of alkyl halides is 3. The summed E-state index contributed by atoms with van der Waals surface area (Å²) >= 11 is 0. The van der Waals surface area contributed by atoms with Crippen LogP contribution in [0.25, 0.3) is 0 Å². The molecular weight excluding hydrogens is 239 g/mol. The molecule has 0 heterocycles. The molecule has 17 heavy (non-hydrogen) atoms. The number of carbonyl (C=O) groups excluding carboxylic acids is 1. The van der Waals surface area contributed by atoms with Gasteiger partial charge in [-0.1, -0.05) is 0 Å². The molecule has 0 aliphatic heterocycles. The highest BCUT2D eigenvalue weighted by molar-refractivity contribution is 5.95. The minimum Gasteiger partial charge on any atom is -0.507 e. The van der Waals surface area contributed by atoms with Crippen LogP contribution in [0.3, 0.4) is 0 Å². The zero-order valence-corrected chi connectivity index (χ0v) is 8.50. The summed E-state index contributed by atoms with van der Waals surface area (Å²) in [4.78, 5) is 11.2. The molecule has 0 aliphatic rings. The van der Waals surface area contributed by atoms with E-state index in [1.165, 1.54) is 6.07 Å². The van der Waals surface area contributed by atoms with Crippen LogP contribution < -0.4 is 0 Å². The summed E-state index contributed by atoms with van der Waals surface area (Å²) in [5, 5.41) is 18.0. The molecular formula is C10H6F3NO3. The lowest BCUT2D eigenvalue weighted by molar-refractivity contribution is -0.137. The van der Waals surface area contributed by atoms with Gasteiger partial charge >= 0.3 is 12.1 Å². The molecule has 1 rings (SSSR count). The third kappa shape index (κ3) is 2.30. The van der Waals surface area contributed by atoms with Crippen LogP contribution in [0.5, 0.6) is 5.75 Å². The molecule has 7 heteroatoms. The Bertz CT molecular complexity index is 503. The maximum absolute atomic E-state index is 12.5. The SMILES string of the molecule is COC(=O)c1c(O)ccc(C(F)(F)F)c1C#N. The molecule has 1 aromatic carbocycles. The molecule has 0 unspecified atom stereocenters. The van der Waals surface area contributed by atoms with Crippen molar-refractivity contribution in [1.82, 2.24) is 0 Å². The molecule has 0 atom stereocenters. The third-order valence-electron chi connectivity index (χ3n) is 1.99. The van der Waals surface area contributed by atoms with Gasteiger partial charge in [-0.3, -0.25) is 0 Å². The standard InChI is InChI=1S/C10H6F3NO3/c1-17-9(16)8-5(4-14)6(10(11,12)13)2-3-7(8)15/h2-3,15H,1H3. The predicted octanol–water partition coefficient (Wildman–Crippen LogP) is 2.07. The van der Waals surface area contributed by atoms with Crippen molar-refractivity contribution in [3.63, 3.8) is 0 Å². The largest absolute Gasteiger partial charge is 0.507 e. The van der Waals surface area contributed by atoms with E-state index in [0.29, 0.717) is 12.1 Å². The van der Waals surface area contributed by atoms with Gasteiger partial charge in [-0.05, 0) is 12.1 Å². The van der Waals surface area contributed by atoms with Gasteiger partial charge < -0.3 is 9.84 Å². The molecule has 1 N–H and O–H groups in total. The van der Waals surface area contributed by atoms with Crippen LogP contribution in [0.4, 0.5) is 13.2 Å². The average molecular weight is 245 g/mol. The Morgan fingerprint density at radius 1 is 1.47 bits per heavy atom. The number of carbonyl (C=O) groups is 1. The summed E-state index contributed by atoms with van der Waals surface area (Å²) in [5.74, 6) is -1.94. The van der Waals surface area contributed by atoms with Crippen molar-refractivity contribution in [2.75, 3.05) is 7.11 Å². The van der Waals surface area contributed by atoms with Crippen LogP contribution in [0, 0.1) is 11.3 Å². The molecule has 0 amide bonds. The highest BCUT2D eigenvalue weighted by atomic mass is 19.4. The third-order valence-corrected chi connectivity index (χ3v) is 1.99. The molecule has 0 aromatic heterocycles. The van der Waals surface area contributed by atoms with Gasteiger partial charge in [-0.15, -0.1) is 0 Å². The molecule has 0 radical (unpaired) electrons. The van der Waals surface area contributed by atoms with Crippen LogP contribution in [-0.4, -0.2) is 18.2 Å². The summed E-state index contributed by atoms with van der Waals surface area (Å²) in [6.45, 7) is 0. The summed E-state index contributed by atoms with van der Waals surface area (Å²) < 4.78 is 41.8. The number of aromatic hydroxyl groups is 1. The Morgan fingerprint density at radius 2 is 2.06 bits per heavy atom. The number of nitrogens with zero attached hydrogens (tertiary/aromatic N) is 1. The number of benzene rings is 1. The molecule has 0 aliphatic carbocycles. The van der Waals surface area contributed by atoms with Crippen molar-refractivity contribution in [3.8, 4) is 11.8 Å². The van der Waals surface area contributed by atoms with Gasteiger partial charge in [-0.2, -0.15) is 18.4 Å². The van der Waals surface area contributed by atoms with Crippen molar-refractivity contribution in [2.24, 2.45) is 0 Å². The Labute approximate surface area is 93.8 Å². The first-order valence-corrected chi connectivity index (χ1v) is 4.24. The van der Waals surface area contributed by atoms with E-state index < -0.39 is 34.6 Å². The van der Waals surface area contributed by atoms with Gasteiger partial charge in [-0.25, -0.2) is 4.79 Å². The highest BCUT2D eigenvalue weighted by Crippen LogP contribution is 2.36. The van der Waals surface area contributed by atoms with Crippen LogP contribution in [0.1, 0.15) is 21.5 Å². The molecule has 90 valence electrons. The number of hydrogen-bond donors (Lipinski definition) is 1. The van der Waals surface area contributed by atoms with Crippen LogP contribution >= 0.6 is 0 Å². The topological polar surface area (TPSA) is 70.3 Å². The summed E-state index contributed by atoms with van der Waals surface area (Å²) in [5.41, 5.74) is -3.03. The number of nitriles is 1. The summed E-state index contributed by atoms with van der Waals surface area (Å²) in [7, 11) is 0.934. The maximum atomic E-state index is 12.5. The fraction of sp³-hybridized carbons (Fsp3) is 0.200. The lowest BCUT2D eigenvalue weighted by Crippen LogP contribution is -2.13. The predicted molar refractivity (Wildman–Crippen MR) is 49.2 cm³/mol. The average Bonchev–Trinajstić information content (AvgIpc) is 2.25. The lowest BCUT2D eigenvalue weighted by Gasteiger charge is -2.12. The molecule has 0 saturated heterocycles. The van der Waals surface area contributed by atoms with E-state index in [0.717, 1.165) is 7.11 Å². The van der Waals surface area contributed by atoms with Crippen molar-refractivity contribution in [1.29, 1.82) is 5.26 Å². The quantitative estimate of drug-likeness (QED) is 0.769. The second-order valence-electron chi connectivity index (χ2n) is 2.98. The van der Waals surface area contributed by atoms with Gasteiger partial charge in [0.2, 0.25) is 0 Å². The normalized spacial score (nSPS) is 10.8. The highest BCUT2D eigenvalue weighted by Gasteiger charge is 2.36. The Balaban J connectivity index is 3.61. The smallest absolute Gasteiger partial charge is 0.417 e. The molecule has 0 saturated carbocycles. The van der Waals surface area contributed by atoms with Crippen LogP contribution in [-0.2, 0) is 10.9 Å². The lowest BCUT2D eigenvalue weighted by atomic mass is 10.0. The molecule has 0 bridgehead atoms. The zero-order valence-electron chi connectivity index (χ0n) is 8.50. The van der Waals surface area contributed by atoms with Crippen molar-refractivity contribution in [2.45, 2.75) is 6.18 Å². The zero-order chi connectivity index (χ0) is 13.2. The van der Waals surface area contributed by atoms with Gasteiger partial charge in [0.25, 0.3) is 0 Å². The van der Waals surface area contributed by atoms with E-state index in [1.54, 1.807) is 0 Å². The second-order valence-corrected chi connectivity index (χ2v) is 2.98. The first kappa shape index (κ1) is 12.8. The molecule has 1 aromatic rings. The number of esters is 1. The van der Waals surface area contributed by atoms with Crippen molar-refractivity contribution >= 4 is 5.97 Å². The van der Waals surface area contributed by atoms with E-state index in [4.69, 9.17) is 5.26 Å². The first-order chi connectivity index (χ1) is 7.82. The molecule has 0 fully saturated rings. The first-order valence-electron chi connectivity index (χ1n) is 4.24. The van der Waals surface area contributed by atoms with Crippen LogP contribution in [0.2, 0.25) is 0 Å². The molecule has 0 spiro atoms. The van der Waals surface area contributed by atoms with Gasteiger partial charge in [0.05, 0.1) is 18.2 Å². The Morgan fingerprint density at radius 3 is 2.47 bits per heavy atom. The molecule has 4 nitrogen and oxygen atoms in total. The number of ether oxygens (including phenoxy) is 1. The fourth-order valence-corrected chi connectivity index (χ4v) is 1.25. The summed E-state index contributed by atoms with van der Waals surface area (Å²) in [6, 6.07) is 2.46. The monoisotopic (exact) mass is 245 g/mol. The van der Waals surface area contributed by atoms with Gasteiger partial charge in [0.1, 0.15) is 17.4 Å². The van der Waals surface area contributed by atoms with E-state index in [9.17, 15) is 23.1 Å². The summed E-state index contributed by atoms with van der Waals surface area (Å²) in [6.07, 6.45) is -4.79. The minimum atomic E-state index is -4.79.